The van der Waals surface area contributed by atoms with Crippen molar-refractivity contribution >= 4 is 75.4 Å². The van der Waals surface area contributed by atoms with E-state index in [0.29, 0.717) is 0 Å². The Morgan fingerprint density at radius 1 is 0.192 bits per heavy atom. The third kappa shape index (κ3) is 8.81. The van der Waals surface area contributed by atoms with Gasteiger partial charge in [0.05, 0.1) is 0 Å². The summed E-state index contributed by atoms with van der Waals surface area (Å²) >= 11 is 0. The number of hydrogen-bond acceptors (Lipinski definition) is 0. The highest BCUT2D eigenvalue weighted by atomic mass is 14.3. The van der Waals surface area contributed by atoms with E-state index in [1.807, 2.05) is 0 Å². The molecule has 0 spiro atoms. The molecule has 13 aromatic rings. The standard InChI is InChI=1S/C58H60.C20H12/c1-55(2,3)41-27-23-39(24-28-41)49-45-33-31-43(57(7,8)9)35-47(45)52(38-21-17-14-18-22-38)54-50(40-25-29-42(30-26-40)56(4,5)6)46-34-32-44(58(10,11)12)36-48(46)51(53(49)54)37-19-15-13-16-20-37;1-5-13-6-2-11-17-18-12-4-8-14-7-3-10-16(20(14)18)15(9-1)19(13)17/h13-36H,1-12H3;1-12H. The molecule has 0 nitrogen and oxygen atoms in total. The third-order valence-electron chi connectivity index (χ3n) is 16.7. The molecule has 0 aliphatic carbocycles. The molecule has 0 heterocycles. The Kier molecular flexibility index (Phi) is 12.3. The molecule has 0 bridgehead atoms. The molecular formula is C78H72. The van der Waals surface area contributed by atoms with Crippen LogP contribution in [0.1, 0.15) is 105 Å². The van der Waals surface area contributed by atoms with E-state index in [2.05, 4.69) is 301 Å². The second kappa shape index (κ2) is 18.8. The lowest BCUT2D eigenvalue weighted by Crippen LogP contribution is -2.11. The minimum atomic E-state index is -0.0286. The van der Waals surface area contributed by atoms with Crippen molar-refractivity contribution < 1.29 is 0 Å². The lowest BCUT2D eigenvalue weighted by molar-refractivity contribution is 0.590. The van der Waals surface area contributed by atoms with Crippen LogP contribution in [0.4, 0.5) is 0 Å². The molecule has 0 aliphatic heterocycles. The molecule has 13 aromatic carbocycles. The predicted octanol–water partition coefficient (Wildman–Crippen LogP) is 22.7. The quantitative estimate of drug-likeness (QED) is 0.122. The van der Waals surface area contributed by atoms with Crippen molar-refractivity contribution in [3.8, 4) is 44.5 Å². The van der Waals surface area contributed by atoms with E-state index in [-0.39, 0.29) is 21.7 Å². The molecular weight excluding hydrogens is 937 g/mol. The molecule has 0 N–H and O–H groups in total. The summed E-state index contributed by atoms with van der Waals surface area (Å²) in [5.74, 6) is 0. The Hall–Kier alpha value is -8.06. The zero-order chi connectivity index (χ0) is 54.5. The Morgan fingerprint density at radius 3 is 0.756 bits per heavy atom. The van der Waals surface area contributed by atoms with Gasteiger partial charge in [-0.05, 0) is 176 Å². The van der Waals surface area contributed by atoms with Gasteiger partial charge in [-0.1, -0.05) is 289 Å². The van der Waals surface area contributed by atoms with Crippen molar-refractivity contribution in [2.24, 2.45) is 0 Å². The van der Waals surface area contributed by atoms with E-state index in [9.17, 15) is 0 Å². The van der Waals surface area contributed by atoms with Gasteiger partial charge in [0.2, 0.25) is 0 Å². The van der Waals surface area contributed by atoms with Gasteiger partial charge in [-0.25, -0.2) is 0 Å². The van der Waals surface area contributed by atoms with Crippen LogP contribution in [0.3, 0.4) is 0 Å². The summed E-state index contributed by atoms with van der Waals surface area (Å²) in [6.45, 7) is 27.8. The predicted molar refractivity (Wildman–Crippen MR) is 343 cm³/mol. The lowest BCUT2D eigenvalue weighted by Gasteiger charge is -2.28. The normalized spacial score (nSPS) is 12.6. The van der Waals surface area contributed by atoms with Crippen molar-refractivity contribution in [3.05, 3.63) is 241 Å². The van der Waals surface area contributed by atoms with Gasteiger partial charge in [0.15, 0.2) is 0 Å². The van der Waals surface area contributed by atoms with Gasteiger partial charge in [-0.3, -0.25) is 0 Å². The summed E-state index contributed by atoms with van der Waals surface area (Å²) in [6, 6.07) is 82.4. The monoisotopic (exact) mass is 1010 g/mol. The first-order valence-electron chi connectivity index (χ1n) is 28.2. The Labute approximate surface area is 462 Å². The van der Waals surface area contributed by atoms with Crippen LogP contribution in [0.25, 0.3) is 120 Å². The first-order valence-corrected chi connectivity index (χ1v) is 28.2. The molecule has 13 rings (SSSR count). The largest absolute Gasteiger partial charge is 0.0622 e. The van der Waals surface area contributed by atoms with Crippen LogP contribution in [0.2, 0.25) is 0 Å². The number of fused-ring (bicyclic) bond motifs is 5. The first kappa shape index (κ1) is 50.7. The zero-order valence-electron chi connectivity index (χ0n) is 47.8. The highest BCUT2D eigenvalue weighted by molar-refractivity contribution is 6.35. The fourth-order valence-electron chi connectivity index (χ4n) is 12.4. The maximum Gasteiger partial charge on any atom is -0.000139 e. The van der Waals surface area contributed by atoms with Gasteiger partial charge in [-0.2, -0.15) is 0 Å². The Balaban J connectivity index is 0.000000251. The van der Waals surface area contributed by atoms with E-state index in [1.165, 1.54) is 142 Å². The summed E-state index contributed by atoms with van der Waals surface area (Å²) in [4.78, 5) is 0. The second-order valence-electron chi connectivity index (χ2n) is 26.1. The lowest BCUT2D eigenvalue weighted by atomic mass is 9.75. The third-order valence-corrected chi connectivity index (χ3v) is 16.7. The molecule has 0 saturated heterocycles. The van der Waals surface area contributed by atoms with Gasteiger partial charge in [0.25, 0.3) is 0 Å². The number of hydrogen-bond donors (Lipinski definition) is 0. The summed E-state index contributed by atoms with van der Waals surface area (Å²) in [5, 5.41) is 18.6. The van der Waals surface area contributed by atoms with Gasteiger partial charge < -0.3 is 0 Å². The Bertz CT molecular complexity index is 4020. The van der Waals surface area contributed by atoms with Gasteiger partial charge in [0.1, 0.15) is 0 Å². The fourth-order valence-corrected chi connectivity index (χ4v) is 12.4. The van der Waals surface area contributed by atoms with Crippen LogP contribution in [-0.2, 0) is 21.7 Å². The van der Waals surface area contributed by atoms with Crippen molar-refractivity contribution in [1.29, 1.82) is 0 Å². The SMILES string of the molecule is CC(C)(C)c1ccc(-c2c3ccc(C(C)(C)C)cc3c(-c3ccccc3)c3c(-c4ccc(C(C)(C)C)cc4)c4ccc(C(C)(C)C)cc4c(-c4ccccc4)c23)cc1.c1cc2cccc3c4cccc5cccc(c(c1)c23)c54. The Morgan fingerprint density at radius 2 is 0.462 bits per heavy atom. The topological polar surface area (TPSA) is 0 Å². The van der Waals surface area contributed by atoms with Crippen molar-refractivity contribution in [1.82, 2.24) is 0 Å². The summed E-state index contributed by atoms with van der Waals surface area (Å²) in [5.41, 5.74) is 15.5. The van der Waals surface area contributed by atoms with Gasteiger partial charge >= 0.3 is 0 Å². The molecule has 384 valence electrons. The van der Waals surface area contributed by atoms with E-state index in [4.69, 9.17) is 0 Å². The van der Waals surface area contributed by atoms with Crippen molar-refractivity contribution in [2.45, 2.75) is 105 Å². The molecule has 0 amide bonds. The van der Waals surface area contributed by atoms with Crippen molar-refractivity contribution in [3.63, 3.8) is 0 Å². The minimum absolute atomic E-state index is 0.0286. The molecule has 0 unspecified atom stereocenters. The molecule has 0 aromatic heterocycles. The summed E-state index contributed by atoms with van der Waals surface area (Å²) in [7, 11) is 0. The molecule has 0 radical (unpaired) electrons. The fraction of sp³-hybridized carbons (Fsp3) is 0.205. The van der Waals surface area contributed by atoms with Crippen LogP contribution >= 0.6 is 0 Å². The molecule has 0 atom stereocenters. The summed E-state index contributed by atoms with van der Waals surface area (Å²) < 4.78 is 0. The maximum absolute atomic E-state index is 2.51. The van der Waals surface area contributed by atoms with E-state index < -0.39 is 0 Å². The molecule has 0 heteroatoms. The van der Waals surface area contributed by atoms with Gasteiger partial charge in [0, 0.05) is 0 Å². The average Bonchev–Trinajstić information content (AvgIpc) is 3.51. The van der Waals surface area contributed by atoms with Crippen LogP contribution in [0.15, 0.2) is 218 Å². The van der Waals surface area contributed by atoms with Crippen LogP contribution < -0.4 is 0 Å². The highest BCUT2D eigenvalue weighted by Crippen LogP contribution is 2.55. The second-order valence-corrected chi connectivity index (χ2v) is 26.1. The number of rotatable bonds is 4. The zero-order valence-corrected chi connectivity index (χ0v) is 47.8. The smallest absolute Gasteiger partial charge is 0.000139 e. The van der Waals surface area contributed by atoms with Crippen LogP contribution in [-0.4, -0.2) is 0 Å². The molecule has 78 heavy (non-hydrogen) atoms. The van der Waals surface area contributed by atoms with Crippen LogP contribution in [0.5, 0.6) is 0 Å². The highest BCUT2D eigenvalue weighted by Gasteiger charge is 2.29. The number of benzene rings is 13. The van der Waals surface area contributed by atoms with E-state index >= 15 is 0 Å². The molecule has 0 saturated carbocycles. The maximum atomic E-state index is 2.51. The average molecular weight is 1010 g/mol. The molecule has 0 fully saturated rings. The van der Waals surface area contributed by atoms with E-state index in [1.54, 1.807) is 0 Å². The first-order chi connectivity index (χ1) is 37.3. The summed E-state index contributed by atoms with van der Waals surface area (Å²) in [6.07, 6.45) is 0. The molecule has 0 aliphatic rings. The van der Waals surface area contributed by atoms with Crippen molar-refractivity contribution in [2.75, 3.05) is 0 Å². The van der Waals surface area contributed by atoms with Crippen LogP contribution in [0, 0.1) is 0 Å². The van der Waals surface area contributed by atoms with Gasteiger partial charge in [-0.15, -0.1) is 0 Å². The minimum Gasteiger partial charge on any atom is -0.0622 e. The van der Waals surface area contributed by atoms with E-state index in [0.717, 1.165) is 0 Å².